The SMILES string of the molecule is COc1cccc(-c2cc(Cl)n3nccc3n2)c1F.COc1cccc(-c2cc(Cl)nc3ccnn23)c1F.COc1cccc(B(O)O)c1F.Clc1cc(Cl)n2nccc2n1.[Pd].c1ccc(P(c2ccccc2)c2ccccc2)cc1.c1ccc(P(c2ccccc2)c2ccccc2)cc1.c1ccc(P(c2ccccc2)c2ccccc2)cc1.c1ccc(P(c2ccccc2)c2ccccc2)cc1. The van der Waals surface area contributed by atoms with Gasteiger partial charge in [0.2, 0.25) is 0 Å². The summed E-state index contributed by atoms with van der Waals surface area (Å²) in [6, 6.07) is 153. The molecule has 2 N–H and O–H groups in total. The van der Waals surface area contributed by atoms with Crippen LogP contribution >= 0.6 is 78.1 Å². The summed E-state index contributed by atoms with van der Waals surface area (Å²) < 4.78 is 60.6. The Morgan fingerprint density at radius 2 is 0.493 bits per heavy atom. The van der Waals surface area contributed by atoms with Crippen LogP contribution in [0.2, 0.25) is 20.6 Å². The molecule has 690 valence electrons. The van der Waals surface area contributed by atoms with Crippen molar-refractivity contribution in [3.8, 4) is 39.8 Å². The molecule has 0 amide bonds. The van der Waals surface area contributed by atoms with Crippen LogP contribution in [0.5, 0.6) is 17.2 Å². The van der Waals surface area contributed by atoms with E-state index >= 15 is 0 Å². The standard InChI is InChI=1S/4C18H15P.2C13H9ClFN3O.C7H8BFO3.C6H3Cl2N3.Pd/c4*1-4-10-16(11-5-1)19(17-12-6-2-7-13-17)18-14-8-3-9-15-18;1-19-10-4-2-3-8(13(10)15)9-7-11(14)17-12-5-6-16-18(9)12;1-19-10-4-2-3-8(13(10)15)9-7-11(14)18-12(17-9)5-6-16-18;1-12-6-4-2-3-5(7(6)9)8(10)11;7-4-3-5(8)11-6(10-4)1-2-9-11;/h4*1-15H;2*2-7H,1H3;2-4,10-11H,1H3;1-3H;. The van der Waals surface area contributed by atoms with Gasteiger partial charge >= 0.3 is 7.12 Å². The predicted octanol–water partition coefficient (Wildman–Crippen LogP) is 21.7. The van der Waals surface area contributed by atoms with Gasteiger partial charge in [0.15, 0.2) is 51.6 Å². The van der Waals surface area contributed by atoms with E-state index in [1.54, 1.807) is 91.4 Å². The molecule has 21 aromatic rings. The van der Waals surface area contributed by atoms with Crippen LogP contribution in [0.1, 0.15) is 0 Å². The molecule has 6 aromatic heterocycles. The summed E-state index contributed by atoms with van der Waals surface area (Å²) in [6.45, 7) is 0. The van der Waals surface area contributed by atoms with Crippen LogP contribution in [-0.4, -0.2) is 82.3 Å². The zero-order chi connectivity index (χ0) is 95.5. The van der Waals surface area contributed by atoms with Crippen LogP contribution in [0.25, 0.3) is 39.5 Å². The molecule has 6 heterocycles. The van der Waals surface area contributed by atoms with Crippen LogP contribution in [0.4, 0.5) is 13.2 Å². The molecule has 0 bridgehead atoms. The number of aromatic nitrogens is 9. The van der Waals surface area contributed by atoms with E-state index < -0.39 is 56.3 Å². The second kappa shape index (κ2) is 53.0. The maximum absolute atomic E-state index is 14.3. The van der Waals surface area contributed by atoms with Gasteiger partial charge in [-0.15, -0.1) is 0 Å². The van der Waals surface area contributed by atoms with Gasteiger partial charge in [-0.2, -0.15) is 15.3 Å². The molecular formula is C111H89BCl4F3N9O5P4Pd. The van der Waals surface area contributed by atoms with Crippen molar-refractivity contribution < 1.29 is 57.9 Å². The van der Waals surface area contributed by atoms with E-state index in [2.05, 4.69) is 399 Å². The third-order valence-corrected chi connectivity index (χ3v) is 31.2. The van der Waals surface area contributed by atoms with Gasteiger partial charge in [-0.25, -0.2) is 41.7 Å². The van der Waals surface area contributed by atoms with Gasteiger partial charge in [0, 0.05) is 73.4 Å². The molecule has 0 spiro atoms. The Bertz CT molecular complexity index is 6430. The number of benzene rings is 15. The number of nitrogens with zero attached hydrogens (tertiary/aromatic N) is 9. The molecule has 0 unspecified atom stereocenters. The number of ether oxygens (including phenoxy) is 3. The largest absolute Gasteiger partial charge is 0.494 e. The monoisotopic (exact) mass is 2070 g/mol. The number of hydrogen-bond acceptors (Lipinski definition) is 11. The maximum atomic E-state index is 14.3. The molecule has 0 saturated carbocycles. The van der Waals surface area contributed by atoms with Gasteiger partial charge in [-0.3, -0.25) is 0 Å². The first-order valence-electron chi connectivity index (χ1n) is 43.0. The van der Waals surface area contributed by atoms with Crippen molar-refractivity contribution in [1.29, 1.82) is 0 Å². The number of hydrogen-bond donors (Lipinski definition) is 2. The first kappa shape index (κ1) is 102. The predicted molar refractivity (Wildman–Crippen MR) is 566 cm³/mol. The Kier molecular flexibility index (Phi) is 39.3. The quantitative estimate of drug-likeness (QED) is 0.0478. The first-order chi connectivity index (χ1) is 67.1. The summed E-state index contributed by atoms with van der Waals surface area (Å²) in [5, 5.41) is 47.7. The summed E-state index contributed by atoms with van der Waals surface area (Å²) in [5.74, 6) is -1.31. The summed E-state index contributed by atoms with van der Waals surface area (Å²) in [7, 11) is 0.563. The van der Waals surface area contributed by atoms with Crippen molar-refractivity contribution in [3.05, 3.63) is 512 Å². The molecule has 27 heteroatoms. The fraction of sp³-hybridized carbons (Fsp3) is 0.0270. The third-order valence-electron chi connectivity index (χ3n) is 20.5. The first-order valence-corrected chi connectivity index (χ1v) is 49.8. The molecule has 0 radical (unpaired) electrons. The van der Waals surface area contributed by atoms with Crippen molar-refractivity contribution in [2.45, 2.75) is 0 Å². The van der Waals surface area contributed by atoms with E-state index in [4.69, 9.17) is 65.9 Å². The average molecular weight is 2070 g/mol. The Hall–Kier alpha value is -13.1. The van der Waals surface area contributed by atoms with Crippen LogP contribution in [0, 0.1) is 17.5 Å². The van der Waals surface area contributed by atoms with Gasteiger partial charge in [0.25, 0.3) is 0 Å². The van der Waals surface area contributed by atoms with Crippen molar-refractivity contribution in [2.75, 3.05) is 21.3 Å². The van der Waals surface area contributed by atoms with Crippen LogP contribution in [0.3, 0.4) is 0 Å². The summed E-state index contributed by atoms with van der Waals surface area (Å²) in [6.07, 6.45) is 4.78. The van der Waals surface area contributed by atoms with Crippen LogP contribution < -0.4 is 83.3 Å². The number of rotatable bonds is 18. The van der Waals surface area contributed by atoms with Crippen molar-refractivity contribution in [3.63, 3.8) is 0 Å². The minimum Gasteiger partial charge on any atom is -0.494 e. The molecule has 0 aliphatic rings. The molecule has 0 aliphatic carbocycles. The van der Waals surface area contributed by atoms with E-state index in [0.29, 0.717) is 54.9 Å². The van der Waals surface area contributed by atoms with Crippen molar-refractivity contribution in [1.82, 2.24) is 43.8 Å². The number of fused-ring (bicyclic) bond motifs is 3. The molecular weight excluding hydrogens is 1980 g/mol. The zero-order valence-corrected chi connectivity index (χ0v) is 82.7. The van der Waals surface area contributed by atoms with Crippen LogP contribution in [-0.2, 0) is 20.4 Å². The topological polar surface area (TPSA) is 159 Å². The minimum atomic E-state index is -1.81. The Balaban J connectivity index is 0.000000134. The molecule has 0 saturated heterocycles. The second-order valence-electron chi connectivity index (χ2n) is 29.4. The summed E-state index contributed by atoms with van der Waals surface area (Å²) in [5.41, 5.74) is 3.25. The van der Waals surface area contributed by atoms with E-state index in [0.717, 1.165) is 0 Å². The molecule has 14 nitrogen and oxygen atoms in total. The van der Waals surface area contributed by atoms with Crippen molar-refractivity contribution in [2.24, 2.45) is 0 Å². The Labute approximate surface area is 838 Å². The smallest absolute Gasteiger partial charge is 0.491 e. The summed E-state index contributed by atoms with van der Waals surface area (Å²) >= 11 is 23.5. The molecule has 0 aliphatic heterocycles. The molecule has 0 atom stereocenters. The van der Waals surface area contributed by atoms with Gasteiger partial charge in [-0.1, -0.05) is 435 Å². The Morgan fingerprint density at radius 3 is 0.775 bits per heavy atom. The fourth-order valence-electron chi connectivity index (χ4n) is 14.3. The molecule has 15 aromatic carbocycles. The summed E-state index contributed by atoms with van der Waals surface area (Å²) in [4.78, 5) is 12.4. The third kappa shape index (κ3) is 27.7. The van der Waals surface area contributed by atoms with E-state index in [9.17, 15) is 13.2 Å². The van der Waals surface area contributed by atoms with Gasteiger partial charge in [0.1, 0.15) is 20.6 Å². The fourth-order valence-corrected chi connectivity index (χ4v) is 24.4. The maximum Gasteiger partial charge on any atom is 0.491 e. The Morgan fingerprint density at radius 1 is 0.261 bits per heavy atom. The van der Waals surface area contributed by atoms with E-state index in [1.165, 1.54) is 117 Å². The molecule has 0 fully saturated rings. The second-order valence-corrected chi connectivity index (χ2v) is 39.8. The van der Waals surface area contributed by atoms with Crippen molar-refractivity contribution >= 4 is 171 Å². The van der Waals surface area contributed by atoms with Gasteiger partial charge < -0.3 is 24.3 Å². The number of halogens is 7. The van der Waals surface area contributed by atoms with Crippen LogP contribution in [0.15, 0.2) is 474 Å². The van der Waals surface area contributed by atoms with Gasteiger partial charge in [0.05, 0.1) is 51.3 Å². The minimum absolute atomic E-state index is 0. The molecule has 21 rings (SSSR count). The average Bonchev–Trinajstić information content (AvgIpc) is 1.57. The van der Waals surface area contributed by atoms with E-state index in [1.807, 2.05) is 0 Å². The molecule has 138 heavy (non-hydrogen) atoms. The zero-order valence-electron chi connectivity index (χ0n) is 74.5. The van der Waals surface area contributed by atoms with Gasteiger partial charge in [-0.05, 0) is 126 Å². The normalized spacial score (nSPS) is 10.5. The van der Waals surface area contributed by atoms with E-state index in [-0.39, 0.29) is 48.3 Å². The number of methoxy groups -OCH3 is 3.